The van der Waals surface area contributed by atoms with Crippen molar-refractivity contribution < 1.29 is 9.59 Å². The average Bonchev–Trinajstić information content (AvgIpc) is 3.20. The maximum atomic E-state index is 13.3. The summed E-state index contributed by atoms with van der Waals surface area (Å²) in [7, 11) is 0. The number of rotatable bonds is 4. The lowest BCUT2D eigenvalue weighted by atomic mass is 9.60. The summed E-state index contributed by atoms with van der Waals surface area (Å²) in [5.74, 6) is -0.865. The van der Waals surface area contributed by atoms with Gasteiger partial charge in [-0.1, -0.05) is 53.0 Å². The molecule has 182 valence electrons. The molecule has 2 aliphatic rings. The molecule has 2 amide bonds. The Morgan fingerprint density at radius 2 is 1.69 bits per heavy atom. The van der Waals surface area contributed by atoms with Crippen LogP contribution in [0, 0.1) is 17.2 Å². The highest BCUT2D eigenvalue weighted by atomic mass is 35.5. The molecule has 5 rings (SSSR count). The smallest absolute Gasteiger partial charge is 0.252 e. The summed E-state index contributed by atoms with van der Waals surface area (Å²) >= 11 is 19.0. The van der Waals surface area contributed by atoms with Crippen molar-refractivity contribution in [3.8, 4) is 6.07 Å². The number of carbonyl (C=O) groups excluding carboxylic acids is 2. The third-order valence-corrected chi connectivity index (χ3v) is 8.28. The van der Waals surface area contributed by atoms with Crippen molar-refractivity contribution in [1.82, 2.24) is 10.6 Å². The number of carbonyl (C=O) groups is 2. The molecule has 1 aliphatic carbocycles. The number of halogens is 3. The number of hydrogen-bond donors (Lipinski definition) is 2. The van der Waals surface area contributed by atoms with Crippen molar-refractivity contribution in [2.75, 3.05) is 6.54 Å². The first-order chi connectivity index (χ1) is 17.3. The Labute approximate surface area is 224 Å². The molecule has 5 nitrogen and oxygen atoms in total. The van der Waals surface area contributed by atoms with E-state index in [-0.39, 0.29) is 29.6 Å². The molecule has 2 N–H and O–H groups in total. The summed E-state index contributed by atoms with van der Waals surface area (Å²) in [6.07, 6.45) is 1.09. The van der Waals surface area contributed by atoms with Crippen LogP contribution in [0.1, 0.15) is 51.7 Å². The van der Waals surface area contributed by atoms with E-state index in [0.717, 1.165) is 11.1 Å². The van der Waals surface area contributed by atoms with E-state index in [9.17, 15) is 9.59 Å². The van der Waals surface area contributed by atoms with Crippen molar-refractivity contribution in [2.45, 2.75) is 30.2 Å². The fourth-order valence-electron chi connectivity index (χ4n) is 5.76. The van der Waals surface area contributed by atoms with Crippen molar-refractivity contribution >= 4 is 46.6 Å². The zero-order chi connectivity index (χ0) is 25.4. The average molecular weight is 539 g/mol. The van der Waals surface area contributed by atoms with Gasteiger partial charge in [0, 0.05) is 33.1 Å². The number of benzene rings is 3. The Bertz CT molecular complexity index is 1370. The molecule has 36 heavy (non-hydrogen) atoms. The van der Waals surface area contributed by atoms with E-state index in [1.165, 1.54) is 0 Å². The Morgan fingerprint density at radius 1 is 1.00 bits per heavy atom. The quantitative estimate of drug-likeness (QED) is 0.421. The van der Waals surface area contributed by atoms with Crippen LogP contribution in [-0.2, 0) is 4.79 Å². The van der Waals surface area contributed by atoms with Gasteiger partial charge >= 0.3 is 0 Å². The normalized spacial score (nSPS) is 24.9. The Balaban J connectivity index is 1.56. The molecule has 0 spiro atoms. The van der Waals surface area contributed by atoms with Gasteiger partial charge in [0.25, 0.3) is 5.91 Å². The van der Waals surface area contributed by atoms with Crippen molar-refractivity contribution in [2.24, 2.45) is 5.92 Å². The maximum Gasteiger partial charge on any atom is 0.252 e. The largest absolute Gasteiger partial charge is 0.354 e. The summed E-state index contributed by atoms with van der Waals surface area (Å²) in [4.78, 5) is 26.6. The van der Waals surface area contributed by atoms with E-state index >= 15 is 0 Å². The number of fused-ring (bicyclic) bond motifs is 1. The first-order valence-corrected chi connectivity index (χ1v) is 12.8. The molecule has 1 saturated carbocycles. The van der Waals surface area contributed by atoms with E-state index < -0.39 is 5.54 Å². The van der Waals surface area contributed by atoms with Crippen LogP contribution >= 0.6 is 34.8 Å². The zero-order valence-electron chi connectivity index (χ0n) is 19.1. The van der Waals surface area contributed by atoms with E-state index in [2.05, 4.69) is 10.6 Å². The molecule has 0 radical (unpaired) electrons. The molecule has 0 unspecified atom stereocenters. The molecular weight excluding hydrogens is 517 g/mol. The number of amides is 2. The second-order valence-electron chi connectivity index (χ2n) is 9.32. The van der Waals surface area contributed by atoms with Gasteiger partial charge in [0.1, 0.15) is 5.54 Å². The summed E-state index contributed by atoms with van der Waals surface area (Å²) < 4.78 is 0. The van der Waals surface area contributed by atoms with E-state index in [0.29, 0.717) is 45.6 Å². The SMILES string of the molecule is N#Cc1ccc(C(=O)N[C@@]23CC[C@@H](c4ccc(Cl)cc4Cl)[C@H](c4ccc(Cl)cc4)[C@@H]2CNC3=O)cc1. The second kappa shape index (κ2) is 9.78. The minimum absolute atomic E-state index is 0.00795. The first-order valence-electron chi connectivity index (χ1n) is 11.6. The first kappa shape index (κ1) is 24.6. The minimum Gasteiger partial charge on any atom is -0.354 e. The number of nitrogens with one attached hydrogen (secondary N) is 2. The summed E-state index contributed by atoms with van der Waals surface area (Å²) in [5.41, 5.74) is 1.77. The van der Waals surface area contributed by atoms with Gasteiger partial charge in [-0.15, -0.1) is 0 Å². The van der Waals surface area contributed by atoms with Gasteiger partial charge < -0.3 is 10.6 Å². The topological polar surface area (TPSA) is 82.0 Å². The Morgan fingerprint density at radius 3 is 2.36 bits per heavy atom. The third kappa shape index (κ3) is 4.35. The lowest BCUT2D eigenvalue weighted by Crippen LogP contribution is -2.60. The van der Waals surface area contributed by atoms with Crippen LogP contribution < -0.4 is 10.6 Å². The third-order valence-electron chi connectivity index (χ3n) is 7.47. The van der Waals surface area contributed by atoms with E-state index in [1.807, 2.05) is 42.5 Å². The number of nitriles is 1. The zero-order valence-corrected chi connectivity index (χ0v) is 21.4. The summed E-state index contributed by atoms with van der Waals surface area (Å²) in [5, 5.41) is 16.9. The maximum absolute atomic E-state index is 13.3. The van der Waals surface area contributed by atoms with Gasteiger partial charge in [-0.25, -0.2) is 0 Å². The molecule has 0 bridgehead atoms. The predicted octanol–water partition coefficient (Wildman–Crippen LogP) is 6.09. The monoisotopic (exact) mass is 537 g/mol. The summed E-state index contributed by atoms with van der Waals surface area (Å²) in [6, 6.07) is 21.6. The predicted molar refractivity (Wildman–Crippen MR) is 140 cm³/mol. The number of hydrogen-bond acceptors (Lipinski definition) is 3. The minimum atomic E-state index is -1.08. The Hall–Kier alpha value is -3.04. The molecule has 4 atom stereocenters. The van der Waals surface area contributed by atoms with Crippen LogP contribution in [0.3, 0.4) is 0 Å². The molecule has 3 aromatic rings. The second-order valence-corrected chi connectivity index (χ2v) is 10.6. The molecule has 1 aliphatic heterocycles. The lowest BCUT2D eigenvalue weighted by Gasteiger charge is -2.46. The van der Waals surface area contributed by atoms with Crippen molar-refractivity contribution in [3.05, 3.63) is 104 Å². The molecule has 3 aromatic carbocycles. The fourth-order valence-corrected chi connectivity index (χ4v) is 6.44. The van der Waals surface area contributed by atoms with Crippen molar-refractivity contribution in [3.63, 3.8) is 0 Å². The van der Waals surface area contributed by atoms with E-state index in [1.54, 1.807) is 30.3 Å². The van der Waals surface area contributed by atoms with Crippen LogP contribution in [-0.4, -0.2) is 23.9 Å². The van der Waals surface area contributed by atoms with Crippen LogP contribution in [0.5, 0.6) is 0 Å². The van der Waals surface area contributed by atoms with Gasteiger partial charge in [-0.2, -0.15) is 5.26 Å². The van der Waals surface area contributed by atoms with Gasteiger partial charge in [0.15, 0.2) is 0 Å². The molecule has 1 saturated heterocycles. The molecule has 2 fully saturated rings. The van der Waals surface area contributed by atoms with Crippen molar-refractivity contribution in [1.29, 1.82) is 5.26 Å². The molecule has 0 aromatic heterocycles. The molecule has 8 heteroatoms. The van der Waals surface area contributed by atoms with Gasteiger partial charge in [-0.05, 0) is 84.3 Å². The van der Waals surface area contributed by atoms with Crippen LogP contribution in [0.15, 0.2) is 66.7 Å². The standard InChI is InChI=1S/C28H22Cl3N3O2/c29-19-7-5-17(6-8-19)25-22(21-10-9-20(30)13-24(21)31)11-12-28(23(25)15-33-27(28)36)34-26(35)18-3-1-16(14-32)2-4-18/h1-10,13,22-23,25H,11-12,15H2,(H,33,36)(H,34,35)/t22-,23-,25-,28-/m0/s1. The fraction of sp³-hybridized carbons (Fsp3) is 0.250. The lowest BCUT2D eigenvalue weighted by molar-refractivity contribution is -0.126. The molecular formula is C28H22Cl3N3O2. The highest BCUT2D eigenvalue weighted by Crippen LogP contribution is 2.54. The summed E-state index contributed by atoms with van der Waals surface area (Å²) in [6.45, 7) is 0.418. The van der Waals surface area contributed by atoms with Gasteiger partial charge in [-0.3, -0.25) is 9.59 Å². The van der Waals surface area contributed by atoms with Gasteiger partial charge in [0.05, 0.1) is 11.6 Å². The van der Waals surface area contributed by atoms with Crippen LogP contribution in [0.25, 0.3) is 0 Å². The number of nitrogens with zero attached hydrogens (tertiary/aromatic N) is 1. The van der Waals surface area contributed by atoms with E-state index in [4.69, 9.17) is 40.1 Å². The highest BCUT2D eigenvalue weighted by molar-refractivity contribution is 6.35. The van der Waals surface area contributed by atoms with Crippen LogP contribution in [0.4, 0.5) is 0 Å². The molecule has 1 heterocycles. The van der Waals surface area contributed by atoms with Gasteiger partial charge in [0.2, 0.25) is 5.91 Å². The van der Waals surface area contributed by atoms with Crippen LogP contribution in [0.2, 0.25) is 15.1 Å². The Kier molecular flexibility index (Phi) is 6.70. The highest BCUT2D eigenvalue weighted by Gasteiger charge is 2.58.